The van der Waals surface area contributed by atoms with E-state index in [1.807, 2.05) is 6.08 Å². The van der Waals surface area contributed by atoms with E-state index in [2.05, 4.69) is 68.1 Å². The quantitative estimate of drug-likeness (QED) is 0.244. The molecule has 0 radical (unpaired) electrons. The second kappa shape index (κ2) is 7.79. The van der Waals surface area contributed by atoms with Crippen molar-refractivity contribution in [3.05, 3.63) is 12.7 Å². The zero-order chi connectivity index (χ0) is 21.6. The molecule has 0 aromatic rings. The fraction of sp³-hybridized carbons (Fsp3) is 0.870. The summed E-state index contributed by atoms with van der Waals surface area (Å²) in [5.74, 6) is 1.15. The maximum Gasteiger partial charge on any atom is 0.193 e. The Hall–Kier alpha value is -0.236. The molecule has 5 heteroatoms. The molecule has 0 bridgehead atoms. The van der Waals surface area contributed by atoms with Gasteiger partial charge in [0.25, 0.3) is 0 Å². The number of hydrogen-bond acceptors (Lipinski definition) is 3. The van der Waals surface area contributed by atoms with Gasteiger partial charge < -0.3 is 13.6 Å². The third-order valence-corrected chi connectivity index (χ3v) is 14.6. The Labute approximate surface area is 177 Å². The van der Waals surface area contributed by atoms with Gasteiger partial charge in [-0.05, 0) is 66.6 Å². The molecule has 2 rings (SSSR count). The largest absolute Gasteiger partial charge is 0.409 e. The SMILES string of the molecule is C=C[C@@](O[Si](C)(C)C(C)(C)C)(C1CC1)[C@@](C=O)(O[SiH2]C(C)(C)C(C)C)C1CC1. The summed E-state index contributed by atoms with van der Waals surface area (Å²) in [5, 5.41) is 0.208. The first-order chi connectivity index (χ1) is 12.7. The van der Waals surface area contributed by atoms with Crippen molar-refractivity contribution in [2.75, 3.05) is 0 Å². The van der Waals surface area contributed by atoms with E-state index in [9.17, 15) is 4.79 Å². The lowest BCUT2D eigenvalue weighted by atomic mass is 9.76. The summed E-state index contributed by atoms with van der Waals surface area (Å²) in [5.41, 5.74) is -1.54. The fourth-order valence-corrected chi connectivity index (χ4v) is 6.73. The molecule has 3 nitrogen and oxygen atoms in total. The van der Waals surface area contributed by atoms with Gasteiger partial charge in [0.1, 0.15) is 11.2 Å². The minimum Gasteiger partial charge on any atom is -0.409 e. The Morgan fingerprint density at radius 3 is 1.79 bits per heavy atom. The van der Waals surface area contributed by atoms with Crippen LogP contribution in [0.3, 0.4) is 0 Å². The molecule has 0 unspecified atom stereocenters. The van der Waals surface area contributed by atoms with Crippen molar-refractivity contribution in [1.29, 1.82) is 0 Å². The van der Waals surface area contributed by atoms with Gasteiger partial charge in [-0.1, -0.05) is 54.5 Å². The van der Waals surface area contributed by atoms with Crippen molar-refractivity contribution in [1.82, 2.24) is 0 Å². The standard InChI is InChI=1S/C23H44O3Si2/c1-11-22(18-12-13-18,26-28(9,10)20(4,5)6)23(16-24,19-14-15-19)25-27-21(7,8)17(2)3/h11,16-19H,1,12-15,27H2,2-10H3/t22-,23+/m1/s1. The molecule has 2 saturated carbocycles. The summed E-state index contributed by atoms with van der Waals surface area (Å²) in [4.78, 5) is 12.9. The topological polar surface area (TPSA) is 35.5 Å². The van der Waals surface area contributed by atoms with E-state index in [1.165, 1.54) is 0 Å². The summed E-state index contributed by atoms with van der Waals surface area (Å²) >= 11 is 0. The number of hydrogen-bond donors (Lipinski definition) is 0. The van der Waals surface area contributed by atoms with Gasteiger partial charge in [-0.25, -0.2) is 0 Å². The van der Waals surface area contributed by atoms with Gasteiger partial charge in [-0.3, -0.25) is 0 Å². The van der Waals surface area contributed by atoms with Crippen LogP contribution in [0.4, 0.5) is 0 Å². The molecule has 0 aromatic heterocycles. The normalized spacial score (nSPS) is 23.6. The third-order valence-electron chi connectivity index (χ3n) is 7.93. The summed E-state index contributed by atoms with van der Waals surface area (Å²) < 4.78 is 14.0. The first-order valence-electron chi connectivity index (χ1n) is 11.1. The van der Waals surface area contributed by atoms with E-state index in [1.54, 1.807) is 0 Å². The van der Waals surface area contributed by atoms with Crippen LogP contribution in [0.15, 0.2) is 12.7 Å². The van der Waals surface area contributed by atoms with Crippen LogP contribution in [0, 0.1) is 17.8 Å². The highest BCUT2D eigenvalue weighted by Crippen LogP contribution is 2.59. The van der Waals surface area contributed by atoms with Crippen molar-refractivity contribution in [2.45, 2.75) is 109 Å². The van der Waals surface area contributed by atoms with Gasteiger partial charge in [0.05, 0.1) is 0 Å². The van der Waals surface area contributed by atoms with E-state index < -0.39 is 29.3 Å². The molecule has 0 spiro atoms. The average Bonchev–Trinajstić information content (AvgIpc) is 3.45. The van der Waals surface area contributed by atoms with Crippen LogP contribution in [0.25, 0.3) is 0 Å². The molecule has 28 heavy (non-hydrogen) atoms. The Kier molecular flexibility index (Phi) is 6.68. The predicted molar refractivity (Wildman–Crippen MR) is 124 cm³/mol. The molecule has 0 aliphatic heterocycles. The van der Waals surface area contributed by atoms with Crippen molar-refractivity contribution >= 4 is 24.4 Å². The van der Waals surface area contributed by atoms with Gasteiger partial charge in [0, 0.05) is 0 Å². The summed E-state index contributed by atoms with van der Waals surface area (Å²) in [6, 6.07) is 0. The van der Waals surface area contributed by atoms with E-state index in [0.717, 1.165) is 32.0 Å². The third kappa shape index (κ3) is 4.28. The monoisotopic (exact) mass is 424 g/mol. The van der Waals surface area contributed by atoms with E-state index in [4.69, 9.17) is 8.85 Å². The van der Waals surface area contributed by atoms with Crippen LogP contribution in [0.2, 0.25) is 23.2 Å². The molecule has 0 aromatic carbocycles. The molecule has 0 saturated heterocycles. The maximum atomic E-state index is 12.9. The number of carbonyl (C=O) groups excluding carboxylic acids is 1. The van der Waals surface area contributed by atoms with Gasteiger partial charge in [-0.2, -0.15) is 0 Å². The van der Waals surface area contributed by atoms with Crippen LogP contribution >= 0.6 is 0 Å². The minimum atomic E-state index is -2.12. The first kappa shape index (κ1) is 24.0. The molecular weight excluding hydrogens is 380 g/mol. The molecule has 0 amide bonds. The molecule has 2 aliphatic rings. The van der Waals surface area contributed by atoms with E-state index in [-0.39, 0.29) is 16.0 Å². The second-order valence-corrected chi connectivity index (χ2v) is 18.9. The summed E-state index contributed by atoms with van der Waals surface area (Å²) in [6.45, 7) is 24.7. The van der Waals surface area contributed by atoms with Crippen LogP contribution in [-0.2, 0) is 13.6 Å². The molecule has 0 N–H and O–H groups in total. The summed E-state index contributed by atoms with van der Waals surface area (Å²) in [7, 11) is -3.07. The minimum absolute atomic E-state index is 0.0724. The van der Waals surface area contributed by atoms with Gasteiger partial charge in [-0.15, -0.1) is 6.58 Å². The Bertz CT molecular complexity index is 585. The molecule has 0 heterocycles. The highest BCUT2D eigenvalue weighted by molar-refractivity contribution is 6.74. The molecule has 162 valence electrons. The Balaban J connectivity index is 2.49. The predicted octanol–water partition coefficient (Wildman–Crippen LogP) is 5.65. The Morgan fingerprint density at radius 2 is 1.46 bits per heavy atom. The number of rotatable bonds is 11. The smallest absolute Gasteiger partial charge is 0.193 e. The van der Waals surface area contributed by atoms with Gasteiger partial charge >= 0.3 is 0 Å². The zero-order valence-corrected chi connectivity index (χ0v) is 22.3. The van der Waals surface area contributed by atoms with Crippen LogP contribution in [0.5, 0.6) is 0 Å². The lowest BCUT2D eigenvalue weighted by Crippen LogP contribution is -2.65. The van der Waals surface area contributed by atoms with E-state index in [0.29, 0.717) is 11.8 Å². The highest BCUT2D eigenvalue weighted by atomic mass is 28.4. The molecule has 2 fully saturated rings. The fourth-order valence-electron chi connectivity index (χ4n) is 3.69. The second-order valence-electron chi connectivity index (χ2n) is 11.8. The highest BCUT2D eigenvalue weighted by Gasteiger charge is 2.67. The van der Waals surface area contributed by atoms with Gasteiger partial charge in [0.15, 0.2) is 24.4 Å². The number of carbonyl (C=O) groups is 1. The lowest BCUT2D eigenvalue weighted by molar-refractivity contribution is -0.150. The Morgan fingerprint density at radius 1 is 1.00 bits per heavy atom. The zero-order valence-electron chi connectivity index (χ0n) is 19.9. The van der Waals surface area contributed by atoms with Crippen LogP contribution in [-0.4, -0.2) is 35.6 Å². The average molecular weight is 425 g/mol. The van der Waals surface area contributed by atoms with Crippen molar-refractivity contribution in [2.24, 2.45) is 17.8 Å². The van der Waals surface area contributed by atoms with Crippen molar-refractivity contribution < 1.29 is 13.6 Å². The number of aldehydes is 1. The molecule has 2 aliphatic carbocycles. The first-order valence-corrected chi connectivity index (χ1v) is 15.3. The van der Waals surface area contributed by atoms with Crippen molar-refractivity contribution in [3.63, 3.8) is 0 Å². The lowest BCUT2D eigenvalue weighted by Gasteiger charge is -2.53. The van der Waals surface area contributed by atoms with Gasteiger partial charge in [0.2, 0.25) is 0 Å². The van der Waals surface area contributed by atoms with Crippen LogP contribution in [0.1, 0.15) is 74.1 Å². The van der Waals surface area contributed by atoms with Crippen LogP contribution < -0.4 is 0 Å². The molecule has 2 atom stereocenters. The van der Waals surface area contributed by atoms with Crippen molar-refractivity contribution in [3.8, 4) is 0 Å². The maximum absolute atomic E-state index is 12.9. The summed E-state index contributed by atoms with van der Waals surface area (Å²) in [6.07, 6.45) is 7.40. The molecular formula is C23H44O3Si2. The van der Waals surface area contributed by atoms with E-state index >= 15 is 0 Å².